The van der Waals surface area contributed by atoms with Crippen LogP contribution in [-0.4, -0.2) is 31.6 Å². The van der Waals surface area contributed by atoms with Crippen LogP contribution in [0.25, 0.3) is 5.69 Å². The van der Waals surface area contributed by atoms with Gasteiger partial charge in [-0.25, -0.2) is 4.79 Å². The second-order valence-corrected chi connectivity index (χ2v) is 6.92. The summed E-state index contributed by atoms with van der Waals surface area (Å²) in [6.45, 7) is 6.36. The number of aliphatic hydroxyl groups excluding tert-OH is 1. The molecule has 0 saturated heterocycles. The summed E-state index contributed by atoms with van der Waals surface area (Å²) in [6, 6.07) is 14.3. The first-order chi connectivity index (χ1) is 14.8. The molecule has 0 aliphatic heterocycles. The van der Waals surface area contributed by atoms with Gasteiger partial charge in [0, 0.05) is 6.92 Å². The van der Waals surface area contributed by atoms with Gasteiger partial charge in [-0.15, -0.1) is 10.2 Å². The lowest BCUT2D eigenvalue weighted by Crippen LogP contribution is -2.21. The summed E-state index contributed by atoms with van der Waals surface area (Å²) in [5.74, 6) is -0.110. The second kappa shape index (κ2) is 9.12. The van der Waals surface area contributed by atoms with E-state index in [1.165, 1.54) is 29.4 Å². The van der Waals surface area contributed by atoms with Crippen molar-refractivity contribution >= 4 is 17.7 Å². The van der Waals surface area contributed by atoms with Crippen molar-refractivity contribution in [2.75, 3.05) is 0 Å². The highest BCUT2D eigenvalue weighted by atomic mass is 16.3. The molecule has 31 heavy (non-hydrogen) atoms. The number of carbonyl (C=O) groups is 1. The summed E-state index contributed by atoms with van der Waals surface area (Å²) >= 11 is 0. The molecule has 0 saturated carbocycles. The first kappa shape index (κ1) is 21.6. The van der Waals surface area contributed by atoms with E-state index in [4.69, 9.17) is 0 Å². The van der Waals surface area contributed by atoms with Gasteiger partial charge in [-0.3, -0.25) is 4.79 Å². The Kier molecular flexibility index (Phi) is 6.35. The minimum absolute atomic E-state index is 0.0916. The molecule has 0 spiro atoms. The standard InChI is InChI=1S/C22H22N6O3/c1-14-5-11-20(12-6-14)28-22(31)27(17(4)26-28)23-13-18-7-9-19(10-8-18)24-25-21(15(2)29)16(3)30/h5-13,29H,1-4H3/b21-15+,23-13+,25-24?. The maximum Gasteiger partial charge on any atom is 0.371 e. The smallest absolute Gasteiger partial charge is 0.371 e. The molecule has 0 atom stereocenters. The fraction of sp³-hybridized carbons (Fsp3) is 0.182. The third-order valence-electron chi connectivity index (χ3n) is 4.35. The van der Waals surface area contributed by atoms with Gasteiger partial charge in [0.2, 0.25) is 0 Å². The lowest BCUT2D eigenvalue weighted by molar-refractivity contribution is -0.113. The Labute approximate surface area is 178 Å². The molecule has 9 nitrogen and oxygen atoms in total. The van der Waals surface area contributed by atoms with Gasteiger partial charge < -0.3 is 5.11 Å². The number of rotatable bonds is 6. The third-order valence-corrected chi connectivity index (χ3v) is 4.35. The van der Waals surface area contributed by atoms with Crippen molar-refractivity contribution in [3.05, 3.63) is 87.4 Å². The van der Waals surface area contributed by atoms with E-state index in [-0.39, 0.29) is 22.9 Å². The molecule has 9 heteroatoms. The lowest BCUT2D eigenvalue weighted by atomic mass is 10.2. The summed E-state index contributed by atoms with van der Waals surface area (Å²) < 4.78 is 2.53. The average molecular weight is 418 g/mol. The molecule has 1 heterocycles. The van der Waals surface area contributed by atoms with E-state index < -0.39 is 0 Å². The predicted molar refractivity (Wildman–Crippen MR) is 117 cm³/mol. The van der Waals surface area contributed by atoms with Gasteiger partial charge in [-0.1, -0.05) is 29.8 Å². The van der Waals surface area contributed by atoms with Gasteiger partial charge in [0.25, 0.3) is 0 Å². The second-order valence-electron chi connectivity index (χ2n) is 6.92. The van der Waals surface area contributed by atoms with Crippen LogP contribution in [0.5, 0.6) is 0 Å². The molecule has 1 aromatic heterocycles. The Morgan fingerprint density at radius 2 is 1.68 bits per heavy atom. The van der Waals surface area contributed by atoms with Crippen LogP contribution in [0, 0.1) is 13.8 Å². The van der Waals surface area contributed by atoms with Gasteiger partial charge in [0.15, 0.2) is 17.3 Å². The van der Waals surface area contributed by atoms with Gasteiger partial charge in [0.05, 0.1) is 17.6 Å². The molecule has 0 bridgehead atoms. The first-order valence-electron chi connectivity index (χ1n) is 9.49. The quantitative estimate of drug-likeness (QED) is 0.282. The van der Waals surface area contributed by atoms with Crippen molar-refractivity contribution in [3.63, 3.8) is 0 Å². The van der Waals surface area contributed by atoms with Gasteiger partial charge in [-0.2, -0.15) is 19.6 Å². The molecule has 0 aliphatic carbocycles. The Morgan fingerprint density at radius 1 is 1.03 bits per heavy atom. The number of allylic oxidation sites excluding steroid dienone is 2. The van der Waals surface area contributed by atoms with E-state index in [0.717, 1.165) is 11.1 Å². The SMILES string of the molecule is CC(=O)/C(N=Nc1ccc(/C=N/n2c(C)nn(-c3ccc(C)cc3)c2=O)cc1)=C(/C)O. The van der Waals surface area contributed by atoms with Gasteiger partial charge >= 0.3 is 5.69 Å². The molecule has 0 amide bonds. The number of ketones is 1. The van der Waals surface area contributed by atoms with Crippen molar-refractivity contribution in [2.24, 2.45) is 15.3 Å². The predicted octanol–water partition coefficient (Wildman–Crippen LogP) is 4.00. The number of benzene rings is 2. The van der Waals surface area contributed by atoms with Crippen LogP contribution < -0.4 is 5.69 Å². The van der Waals surface area contributed by atoms with Crippen LogP contribution in [-0.2, 0) is 4.79 Å². The summed E-state index contributed by atoms with van der Waals surface area (Å²) in [7, 11) is 0. The fourth-order valence-corrected chi connectivity index (χ4v) is 2.70. The lowest BCUT2D eigenvalue weighted by Gasteiger charge is -1.99. The Morgan fingerprint density at radius 3 is 2.26 bits per heavy atom. The maximum atomic E-state index is 12.7. The number of aryl methyl sites for hydroxylation is 2. The molecule has 0 fully saturated rings. The monoisotopic (exact) mass is 418 g/mol. The average Bonchev–Trinajstić information content (AvgIpc) is 3.01. The molecule has 3 rings (SSSR count). The van der Waals surface area contributed by atoms with Crippen LogP contribution in [0.2, 0.25) is 0 Å². The zero-order chi connectivity index (χ0) is 22.5. The highest BCUT2D eigenvalue weighted by molar-refractivity contribution is 5.93. The van der Waals surface area contributed by atoms with Crippen molar-refractivity contribution in [1.82, 2.24) is 14.5 Å². The minimum atomic E-state index is -0.375. The first-order valence-corrected chi connectivity index (χ1v) is 9.49. The molecule has 2 aromatic carbocycles. The zero-order valence-electron chi connectivity index (χ0n) is 17.6. The van der Waals surface area contributed by atoms with Crippen molar-refractivity contribution in [2.45, 2.75) is 27.7 Å². The van der Waals surface area contributed by atoms with Crippen LogP contribution in [0.1, 0.15) is 30.8 Å². The van der Waals surface area contributed by atoms with E-state index in [1.807, 2.05) is 31.2 Å². The van der Waals surface area contributed by atoms with E-state index >= 15 is 0 Å². The zero-order valence-corrected chi connectivity index (χ0v) is 17.6. The molecule has 1 N–H and O–H groups in total. The number of carbonyl (C=O) groups excluding carboxylic acids is 1. The normalized spacial score (nSPS) is 12.5. The number of aliphatic hydroxyl groups is 1. The summed E-state index contributed by atoms with van der Waals surface area (Å²) in [6.07, 6.45) is 1.54. The number of Topliss-reactive ketones (excluding diaryl/α,β-unsaturated/α-hetero) is 1. The van der Waals surface area contributed by atoms with Gasteiger partial charge in [-0.05, 0) is 50.6 Å². The van der Waals surface area contributed by atoms with Crippen LogP contribution in [0.3, 0.4) is 0 Å². The number of aromatic nitrogens is 3. The van der Waals surface area contributed by atoms with Crippen molar-refractivity contribution in [1.29, 1.82) is 0 Å². The number of azo groups is 1. The molecule has 0 aliphatic rings. The van der Waals surface area contributed by atoms with Crippen LogP contribution in [0.15, 0.2) is 80.1 Å². The molecular formula is C22H22N6O3. The minimum Gasteiger partial charge on any atom is -0.510 e. The third kappa shape index (κ3) is 5.08. The Balaban J connectivity index is 1.80. The summed E-state index contributed by atoms with van der Waals surface area (Å²) in [5.41, 5.74) is 2.53. The van der Waals surface area contributed by atoms with Crippen LogP contribution in [0.4, 0.5) is 5.69 Å². The molecule has 158 valence electrons. The molecule has 0 unspecified atom stereocenters. The van der Waals surface area contributed by atoms with Crippen molar-refractivity contribution in [3.8, 4) is 5.69 Å². The summed E-state index contributed by atoms with van der Waals surface area (Å²) in [4.78, 5) is 24.1. The van der Waals surface area contributed by atoms with E-state index in [0.29, 0.717) is 17.2 Å². The number of hydrogen-bond donors (Lipinski definition) is 1. The highest BCUT2D eigenvalue weighted by Gasteiger charge is 2.10. The van der Waals surface area contributed by atoms with E-state index in [2.05, 4.69) is 20.4 Å². The number of nitrogens with zero attached hydrogens (tertiary/aromatic N) is 6. The fourth-order valence-electron chi connectivity index (χ4n) is 2.70. The van der Waals surface area contributed by atoms with Crippen molar-refractivity contribution < 1.29 is 9.90 Å². The largest absolute Gasteiger partial charge is 0.510 e. The molecule has 0 radical (unpaired) electrons. The Bertz CT molecular complexity index is 1240. The van der Waals surface area contributed by atoms with Crippen LogP contribution >= 0.6 is 0 Å². The molecular weight excluding hydrogens is 396 g/mol. The summed E-state index contributed by atoms with van der Waals surface area (Å²) in [5, 5.41) is 25.7. The molecule has 3 aromatic rings. The van der Waals surface area contributed by atoms with E-state index in [1.54, 1.807) is 31.2 Å². The van der Waals surface area contributed by atoms with E-state index in [9.17, 15) is 14.7 Å². The highest BCUT2D eigenvalue weighted by Crippen LogP contribution is 2.16. The van der Waals surface area contributed by atoms with Gasteiger partial charge in [0.1, 0.15) is 5.76 Å². The Hall–Kier alpha value is -4.14. The maximum absolute atomic E-state index is 12.7. The number of hydrogen-bond acceptors (Lipinski definition) is 7. The topological polar surface area (TPSA) is 114 Å².